The van der Waals surface area contributed by atoms with Gasteiger partial charge in [-0.25, -0.2) is 0 Å². The SMILES string of the molecule is O=C1C2=C3[C@H](CCC2)CC(=O)N3[C@H]2[C@@H]3CC[C@@H](C3)[C@@H]12. The number of Topliss-reactive ketones (excluding diaryl/α,β-unsaturated/α-hetero) is 1. The summed E-state index contributed by atoms with van der Waals surface area (Å²) in [6.07, 6.45) is 7.45. The Hall–Kier alpha value is -1.12. The molecule has 100 valence electrons. The number of hydrogen-bond acceptors (Lipinski definition) is 2. The Morgan fingerprint density at radius 3 is 2.79 bits per heavy atom. The highest BCUT2D eigenvalue weighted by Crippen LogP contribution is 2.58. The van der Waals surface area contributed by atoms with Crippen LogP contribution in [0.25, 0.3) is 0 Å². The molecule has 2 aliphatic heterocycles. The molecule has 1 amide bonds. The molecule has 2 saturated carbocycles. The van der Waals surface area contributed by atoms with Gasteiger partial charge in [0.1, 0.15) is 0 Å². The minimum atomic E-state index is 0.165. The molecule has 3 fully saturated rings. The van der Waals surface area contributed by atoms with Gasteiger partial charge in [0.15, 0.2) is 5.78 Å². The number of rotatable bonds is 0. The van der Waals surface area contributed by atoms with Crippen molar-refractivity contribution in [3.8, 4) is 0 Å². The van der Waals surface area contributed by atoms with Crippen LogP contribution in [0.1, 0.15) is 44.9 Å². The lowest BCUT2D eigenvalue weighted by atomic mass is 9.72. The van der Waals surface area contributed by atoms with Crippen molar-refractivity contribution in [1.82, 2.24) is 4.90 Å². The first-order valence-corrected chi connectivity index (χ1v) is 7.85. The van der Waals surface area contributed by atoms with Crippen molar-refractivity contribution in [3.05, 3.63) is 11.3 Å². The fourth-order valence-electron chi connectivity index (χ4n) is 5.80. The summed E-state index contributed by atoms with van der Waals surface area (Å²) >= 11 is 0. The van der Waals surface area contributed by atoms with Gasteiger partial charge in [0.05, 0.1) is 0 Å². The quantitative estimate of drug-likeness (QED) is 0.667. The predicted molar refractivity (Wildman–Crippen MR) is 68.9 cm³/mol. The van der Waals surface area contributed by atoms with Crippen LogP contribution in [-0.2, 0) is 9.59 Å². The number of allylic oxidation sites excluding steroid dienone is 2. The number of ketones is 1. The van der Waals surface area contributed by atoms with Gasteiger partial charge < -0.3 is 4.90 Å². The molecule has 3 heteroatoms. The van der Waals surface area contributed by atoms with Crippen LogP contribution >= 0.6 is 0 Å². The highest BCUT2D eigenvalue weighted by molar-refractivity contribution is 6.02. The van der Waals surface area contributed by atoms with Crippen LogP contribution in [0.4, 0.5) is 0 Å². The minimum absolute atomic E-state index is 0.165. The van der Waals surface area contributed by atoms with E-state index in [1.165, 1.54) is 25.0 Å². The van der Waals surface area contributed by atoms with Gasteiger partial charge in [-0.3, -0.25) is 9.59 Å². The number of amides is 1. The van der Waals surface area contributed by atoms with Crippen molar-refractivity contribution >= 4 is 11.7 Å². The smallest absolute Gasteiger partial charge is 0.227 e. The summed E-state index contributed by atoms with van der Waals surface area (Å²) in [6, 6.07) is 0.251. The van der Waals surface area contributed by atoms with E-state index in [1.807, 2.05) is 0 Å². The van der Waals surface area contributed by atoms with Gasteiger partial charge in [-0.2, -0.15) is 0 Å². The first kappa shape index (κ1) is 10.6. The van der Waals surface area contributed by atoms with Gasteiger partial charge in [-0.15, -0.1) is 0 Å². The maximum absolute atomic E-state index is 12.9. The summed E-state index contributed by atoms with van der Waals surface area (Å²) < 4.78 is 0. The first-order chi connectivity index (χ1) is 9.25. The van der Waals surface area contributed by atoms with Crippen LogP contribution < -0.4 is 0 Å². The van der Waals surface area contributed by atoms with E-state index in [2.05, 4.69) is 4.90 Å². The Morgan fingerprint density at radius 1 is 1.05 bits per heavy atom. The molecule has 2 bridgehead atoms. The standard InChI is InChI=1S/C16H19NO2/c18-12-7-9-2-1-3-11-14(9)17(12)15-10-5-4-8(6-10)13(15)16(11)19/h8-10,13,15H,1-7H2/t8-,9+,10+,13+,15-/m0/s1. The molecule has 2 heterocycles. The van der Waals surface area contributed by atoms with Crippen LogP contribution in [0.15, 0.2) is 11.3 Å². The third-order valence-electron chi connectivity index (χ3n) is 6.40. The van der Waals surface area contributed by atoms with E-state index in [9.17, 15) is 9.59 Å². The van der Waals surface area contributed by atoms with Crippen molar-refractivity contribution < 1.29 is 9.59 Å². The molecule has 0 N–H and O–H groups in total. The fraction of sp³-hybridized carbons (Fsp3) is 0.750. The fourth-order valence-corrected chi connectivity index (χ4v) is 5.80. The molecule has 0 aromatic rings. The minimum Gasteiger partial charge on any atom is -0.311 e. The number of carbonyl (C=O) groups is 2. The predicted octanol–water partition coefficient (Wildman–Crippen LogP) is 2.27. The normalized spacial score (nSPS) is 46.9. The van der Waals surface area contributed by atoms with Crippen LogP contribution in [0, 0.1) is 23.7 Å². The Bertz CT molecular complexity index is 535. The Balaban J connectivity index is 1.71. The average Bonchev–Trinajstić information content (AvgIpc) is 3.07. The summed E-state index contributed by atoms with van der Waals surface area (Å²) in [6.45, 7) is 0. The molecule has 3 aliphatic carbocycles. The molecule has 1 saturated heterocycles. The third kappa shape index (κ3) is 1.12. The number of hydrogen-bond donors (Lipinski definition) is 0. The maximum atomic E-state index is 12.9. The lowest BCUT2D eigenvalue weighted by Crippen LogP contribution is -2.51. The summed E-state index contributed by atoms with van der Waals surface area (Å²) in [7, 11) is 0. The van der Waals surface area contributed by atoms with Crippen molar-refractivity contribution in [2.24, 2.45) is 23.7 Å². The highest BCUT2D eigenvalue weighted by atomic mass is 16.2. The molecule has 0 aromatic heterocycles. The lowest BCUT2D eigenvalue weighted by molar-refractivity contribution is -0.134. The number of fused-ring (bicyclic) bond motifs is 6. The van der Waals surface area contributed by atoms with E-state index < -0.39 is 0 Å². The molecule has 5 atom stereocenters. The molecular formula is C16H19NO2. The first-order valence-electron chi connectivity index (χ1n) is 7.85. The van der Waals surface area contributed by atoms with E-state index in [1.54, 1.807) is 0 Å². The van der Waals surface area contributed by atoms with Gasteiger partial charge in [0.25, 0.3) is 0 Å². The molecule has 0 radical (unpaired) electrons. The topological polar surface area (TPSA) is 37.4 Å². The Morgan fingerprint density at radius 2 is 1.89 bits per heavy atom. The van der Waals surface area contributed by atoms with E-state index >= 15 is 0 Å². The molecular weight excluding hydrogens is 238 g/mol. The van der Waals surface area contributed by atoms with Crippen molar-refractivity contribution in [2.45, 2.75) is 51.0 Å². The molecule has 3 nitrogen and oxygen atoms in total. The van der Waals surface area contributed by atoms with E-state index in [4.69, 9.17) is 0 Å². The van der Waals surface area contributed by atoms with E-state index in [-0.39, 0.29) is 12.0 Å². The monoisotopic (exact) mass is 257 g/mol. The van der Waals surface area contributed by atoms with Crippen LogP contribution in [0.3, 0.4) is 0 Å². The van der Waals surface area contributed by atoms with Gasteiger partial charge in [0.2, 0.25) is 5.91 Å². The van der Waals surface area contributed by atoms with Crippen LogP contribution in [0.5, 0.6) is 0 Å². The zero-order valence-corrected chi connectivity index (χ0v) is 11.1. The molecule has 0 aromatic carbocycles. The summed E-state index contributed by atoms with van der Waals surface area (Å²) in [5, 5.41) is 0. The zero-order valence-electron chi connectivity index (χ0n) is 11.1. The summed E-state index contributed by atoms with van der Waals surface area (Å²) in [5.41, 5.74) is 2.23. The van der Waals surface area contributed by atoms with Gasteiger partial charge in [-0.1, -0.05) is 0 Å². The second-order valence-electron chi connectivity index (χ2n) is 7.13. The van der Waals surface area contributed by atoms with Crippen LogP contribution in [-0.4, -0.2) is 22.6 Å². The Labute approximate surface area is 113 Å². The lowest BCUT2D eigenvalue weighted by Gasteiger charge is -2.44. The highest BCUT2D eigenvalue weighted by Gasteiger charge is 2.60. The van der Waals surface area contributed by atoms with Crippen molar-refractivity contribution in [3.63, 3.8) is 0 Å². The maximum Gasteiger partial charge on any atom is 0.227 e. The number of carbonyl (C=O) groups excluding carboxylic acids is 2. The van der Waals surface area contributed by atoms with E-state index in [0.29, 0.717) is 35.9 Å². The summed E-state index contributed by atoms with van der Waals surface area (Å²) in [5.74, 6) is 2.47. The zero-order chi connectivity index (χ0) is 12.7. The van der Waals surface area contributed by atoms with Gasteiger partial charge >= 0.3 is 0 Å². The van der Waals surface area contributed by atoms with Gasteiger partial charge in [-0.05, 0) is 50.4 Å². The van der Waals surface area contributed by atoms with Crippen molar-refractivity contribution in [2.75, 3.05) is 0 Å². The van der Waals surface area contributed by atoms with E-state index in [0.717, 1.165) is 24.8 Å². The molecule has 5 rings (SSSR count). The van der Waals surface area contributed by atoms with Crippen LogP contribution in [0.2, 0.25) is 0 Å². The second kappa shape index (κ2) is 3.31. The van der Waals surface area contributed by atoms with Gasteiger partial charge in [0, 0.05) is 35.6 Å². The number of nitrogens with zero attached hydrogens (tertiary/aromatic N) is 1. The molecule has 0 unspecified atom stereocenters. The largest absolute Gasteiger partial charge is 0.311 e. The Kier molecular flexibility index (Phi) is 1.85. The van der Waals surface area contributed by atoms with Crippen molar-refractivity contribution in [1.29, 1.82) is 0 Å². The molecule has 0 spiro atoms. The summed E-state index contributed by atoms with van der Waals surface area (Å²) in [4.78, 5) is 27.4. The second-order valence-corrected chi connectivity index (χ2v) is 7.13. The third-order valence-corrected chi connectivity index (χ3v) is 6.40. The average molecular weight is 257 g/mol. The molecule has 19 heavy (non-hydrogen) atoms. The molecule has 5 aliphatic rings.